The molecule has 0 saturated carbocycles. The highest BCUT2D eigenvalue weighted by Crippen LogP contribution is 2.17. The molecule has 1 aromatic carbocycles. The van der Waals surface area contributed by atoms with Gasteiger partial charge in [0.25, 0.3) is 0 Å². The number of benzene rings is 1. The smallest absolute Gasteiger partial charge is 0.222 e. The summed E-state index contributed by atoms with van der Waals surface area (Å²) in [5, 5.41) is 13.9. The lowest BCUT2D eigenvalue weighted by molar-refractivity contribution is -0.130. The number of carbonyl (C=O) groups is 1. The van der Waals surface area contributed by atoms with E-state index >= 15 is 0 Å². The summed E-state index contributed by atoms with van der Waals surface area (Å²) in [5.74, 6) is 0.0959. The number of nitrogens with zero attached hydrogens (tertiary/aromatic N) is 4. The first-order valence-corrected chi connectivity index (χ1v) is 8.68. The second-order valence-corrected chi connectivity index (χ2v) is 6.59. The number of halogens is 1. The second-order valence-electron chi connectivity index (χ2n) is 6.16. The lowest BCUT2D eigenvalue weighted by Gasteiger charge is -2.17. The van der Waals surface area contributed by atoms with Crippen LogP contribution in [0, 0.1) is 25.2 Å². The van der Waals surface area contributed by atoms with Gasteiger partial charge < -0.3 is 4.90 Å². The Balaban J connectivity index is 1.94. The Labute approximate surface area is 153 Å². The van der Waals surface area contributed by atoms with Crippen LogP contribution in [0.3, 0.4) is 0 Å². The third kappa shape index (κ3) is 5.07. The molecule has 0 aliphatic rings. The van der Waals surface area contributed by atoms with Gasteiger partial charge >= 0.3 is 0 Å². The zero-order valence-electron chi connectivity index (χ0n) is 14.9. The Morgan fingerprint density at radius 2 is 2.00 bits per heavy atom. The standard InChI is InChI=1S/C19H23ClN4O/c1-14-18(15(2)24(22-14)12-4-11-21)9-10-19(25)23(3)13-16-5-7-17(20)8-6-16/h5-8H,4,9-10,12-13H2,1-3H3. The molecular formula is C19H23ClN4O. The van der Waals surface area contributed by atoms with Crippen LogP contribution in [0.15, 0.2) is 24.3 Å². The van der Waals surface area contributed by atoms with Crippen molar-refractivity contribution < 1.29 is 4.79 Å². The number of amides is 1. The second kappa shape index (κ2) is 8.68. The van der Waals surface area contributed by atoms with E-state index in [0.717, 1.165) is 22.5 Å². The highest BCUT2D eigenvalue weighted by Gasteiger charge is 2.15. The van der Waals surface area contributed by atoms with E-state index in [-0.39, 0.29) is 5.91 Å². The Morgan fingerprint density at radius 3 is 2.64 bits per heavy atom. The number of rotatable bonds is 7. The molecule has 0 radical (unpaired) electrons. The molecule has 0 fully saturated rings. The van der Waals surface area contributed by atoms with Crippen LogP contribution in [0.25, 0.3) is 0 Å². The van der Waals surface area contributed by atoms with Gasteiger partial charge in [-0.05, 0) is 43.5 Å². The summed E-state index contributed by atoms with van der Waals surface area (Å²) < 4.78 is 1.86. The fourth-order valence-electron chi connectivity index (χ4n) is 2.84. The molecule has 1 heterocycles. The van der Waals surface area contributed by atoms with Gasteiger partial charge in [0.15, 0.2) is 0 Å². The van der Waals surface area contributed by atoms with Crippen LogP contribution in [0.4, 0.5) is 0 Å². The van der Waals surface area contributed by atoms with E-state index in [1.165, 1.54) is 0 Å². The van der Waals surface area contributed by atoms with Crippen LogP contribution < -0.4 is 0 Å². The highest BCUT2D eigenvalue weighted by atomic mass is 35.5. The molecule has 0 N–H and O–H groups in total. The van der Waals surface area contributed by atoms with Crippen molar-refractivity contribution in [2.24, 2.45) is 0 Å². The van der Waals surface area contributed by atoms with Crippen LogP contribution in [-0.4, -0.2) is 27.6 Å². The molecule has 1 amide bonds. The molecule has 0 bridgehead atoms. The first kappa shape index (κ1) is 19.0. The maximum absolute atomic E-state index is 12.4. The van der Waals surface area contributed by atoms with Crippen molar-refractivity contribution >= 4 is 17.5 Å². The summed E-state index contributed by atoms with van der Waals surface area (Å²) in [5.41, 5.74) is 4.13. The van der Waals surface area contributed by atoms with Crippen LogP contribution in [0.1, 0.15) is 35.4 Å². The van der Waals surface area contributed by atoms with E-state index in [1.807, 2.05) is 49.8 Å². The summed E-state index contributed by atoms with van der Waals surface area (Å²) in [6, 6.07) is 9.66. The largest absolute Gasteiger partial charge is 0.341 e. The molecule has 5 nitrogen and oxygen atoms in total. The van der Waals surface area contributed by atoms with Gasteiger partial charge in [-0.15, -0.1) is 0 Å². The molecule has 1 aromatic heterocycles. The summed E-state index contributed by atoms with van der Waals surface area (Å²) in [6.07, 6.45) is 1.54. The van der Waals surface area contributed by atoms with Crippen molar-refractivity contribution in [1.82, 2.24) is 14.7 Å². The van der Waals surface area contributed by atoms with Crippen molar-refractivity contribution in [2.75, 3.05) is 7.05 Å². The molecule has 0 aliphatic heterocycles. The third-order valence-corrected chi connectivity index (χ3v) is 4.57. The van der Waals surface area contributed by atoms with Gasteiger partial charge in [-0.25, -0.2) is 0 Å². The number of aryl methyl sites for hydroxylation is 2. The van der Waals surface area contributed by atoms with Crippen molar-refractivity contribution in [2.45, 2.75) is 46.2 Å². The topological polar surface area (TPSA) is 61.9 Å². The highest BCUT2D eigenvalue weighted by molar-refractivity contribution is 6.30. The normalized spacial score (nSPS) is 10.5. The van der Waals surface area contributed by atoms with E-state index in [2.05, 4.69) is 11.2 Å². The molecule has 0 saturated heterocycles. The van der Waals surface area contributed by atoms with E-state index in [4.69, 9.17) is 16.9 Å². The van der Waals surface area contributed by atoms with Crippen LogP contribution in [-0.2, 0) is 24.3 Å². The first-order chi connectivity index (χ1) is 11.9. The molecule has 2 rings (SSSR count). The lowest BCUT2D eigenvalue weighted by atomic mass is 10.1. The van der Waals surface area contributed by atoms with E-state index in [9.17, 15) is 4.79 Å². The minimum atomic E-state index is 0.0959. The average Bonchev–Trinajstić information content (AvgIpc) is 2.86. The van der Waals surface area contributed by atoms with Crippen LogP contribution in [0.2, 0.25) is 5.02 Å². The Bertz CT molecular complexity index is 774. The maximum Gasteiger partial charge on any atom is 0.222 e. The minimum absolute atomic E-state index is 0.0959. The Morgan fingerprint density at radius 1 is 1.32 bits per heavy atom. The van der Waals surface area contributed by atoms with Gasteiger partial charge in [0.1, 0.15) is 0 Å². The maximum atomic E-state index is 12.4. The quantitative estimate of drug-likeness (QED) is 0.758. The molecule has 0 spiro atoms. The zero-order valence-corrected chi connectivity index (χ0v) is 15.7. The SMILES string of the molecule is Cc1nn(CCC#N)c(C)c1CCC(=O)N(C)Cc1ccc(Cl)cc1. The number of nitriles is 1. The molecule has 6 heteroatoms. The predicted octanol–water partition coefficient (Wildman–Crippen LogP) is 3.66. The summed E-state index contributed by atoms with van der Waals surface area (Å²) in [6.45, 7) is 5.10. The molecular weight excluding hydrogens is 336 g/mol. The van der Waals surface area contributed by atoms with Gasteiger partial charge in [0, 0.05) is 30.7 Å². The number of hydrogen-bond donors (Lipinski definition) is 0. The predicted molar refractivity (Wildman–Crippen MR) is 98.2 cm³/mol. The molecule has 0 atom stereocenters. The summed E-state index contributed by atoms with van der Waals surface area (Å²) in [7, 11) is 1.81. The zero-order chi connectivity index (χ0) is 18.4. The third-order valence-electron chi connectivity index (χ3n) is 4.31. The minimum Gasteiger partial charge on any atom is -0.341 e. The monoisotopic (exact) mass is 358 g/mol. The number of carbonyl (C=O) groups excluding carboxylic acids is 1. The molecule has 0 unspecified atom stereocenters. The van der Waals surface area contributed by atoms with E-state index < -0.39 is 0 Å². The van der Waals surface area contributed by atoms with Gasteiger partial charge in [-0.2, -0.15) is 10.4 Å². The fraction of sp³-hybridized carbons (Fsp3) is 0.421. The summed E-state index contributed by atoms with van der Waals surface area (Å²) >= 11 is 5.89. The molecule has 25 heavy (non-hydrogen) atoms. The van der Waals surface area contributed by atoms with Gasteiger partial charge in [0.05, 0.1) is 24.7 Å². The fourth-order valence-corrected chi connectivity index (χ4v) is 2.97. The average molecular weight is 359 g/mol. The Kier molecular flexibility index (Phi) is 6.60. The van der Waals surface area contributed by atoms with Crippen molar-refractivity contribution in [3.8, 4) is 6.07 Å². The van der Waals surface area contributed by atoms with Crippen molar-refractivity contribution in [1.29, 1.82) is 5.26 Å². The van der Waals surface area contributed by atoms with Crippen molar-refractivity contribution in [3.05, 3.63) is 51.8 Å². The lowest BCUT2D eigenvalue weighted by Crippen LogP contribution is -2.26. The summed E-state index contributed by atoms with van der Waals surface area (Å²) in [4.78, 5) is 14.1. The molecule has 2 aromatic rings. The number of aromatic nitrogens is 2. The van der Waals surface area contributed by atoms with Crippen LogP contribution >= 0.6 is 11.6 Å². The van der Waals surface area contributed by atoms with E-state index in [1.54, 1.807) is 4.90 Å². The number of hydrogen-bond acceptors (Lipinski definition) is 3. The van der Waals surface area contributed by atoms with Gasteiger partial charge in [0.2, 0.25) is 5.91 Å². The Hall–Kier alpha value is -2.32. The van der Waals surface area contributed by atoms with Gasteiger partial charge in [-0.1, -0.05) is 23.7 Å². The van der Waals surface area contributed by atoms with E-state index in [0.29, 0.717) is 37.4 Å². The van der Waals surface area contributed by atoms with Crippen molar-refractivity contribution in [3.63, 3.8) is 0 Å². The first-order valence-electron chi connectivity index (χ1n) is 8.30. The molecule has 132 valence electrons. The van der Waals surface area contributed by atoms with Gasteiger partial charge in [-0.3, -0.25) is 9.48 Å². The van der Waals surface area contributed by atoms with Crippen LogP contribution in [0.5, 0.6) is 0 Å². The molecule has 0 aliphatic carbocycles.